The van der Waals surface area contributed by atoms with Crippen molar-refractivity contribution in [2.45, 2.75) is 37.5 Å². The van der Waals surface area contributed by atoms with Crippen LogP contribution in [0.4, 0.5) is 5.69 Å². The van der Waals surface area contributed by atoms with Crippen LogP contribution in [0.3, 0.4) is 0 Å². The van der Waals surface area contributed by atoms with Gasteiger partial charge in [0.15, 0.2) is 9.84 Å². The molecule has 118 valence electrons. The van der Waals surface area contributed by atoms with Gasteiger partial charge >= 0.3 is 0 Å². The van der Waals surface area contributed by atoms with E-state index < -0.39 is 9.84 Å². The van der Waals surface area contributed by atoms with Crippen molar-refractivity contribution in [1.82, 2.24) is 0 Å². The number of benzene rings is 1. The number of nitrogens with one attached hydrogen (secondary N) is 1. The summed E-state index contributed by atoms with van der Waals surface area (Å²) in [5.41, 5.74) is 6.14. The summed E-state index contributed by atoms with van der Waals surface area (Å²) in [6.45, 7) is 2.75. The van der Waals surface area contributed by atoms with Crippen molar-refractivity contribution >= 4 is 21.4 Å². The van der Waals surface area contributed by atoms with Crippen LogP contribution < -0.4 is 11.1 Å². The molecule has 1 atom stereocenters. The Morgan fingerprint density at radius 3 is 2.33 bits per heavy atom. The summed E-state index contributed by atoms with van der Waals surface area (Å²) >= 11 is 0. The van der Waals surface area contributed by atoms with Gasteiger partial charge in [-0.3, -0.25) is 4.79 Å². The van der Waals surface area contributed by atoms with Gasteiger partial charge in [0.25, 0.3) is 0 Å². The number of amides is 1. The molecule has 3 N–H and O–H groups in total. The van der Waals surface area contributed by atoms with Gasteiger partial charge in [-0.2, -0.15) is 0 Å². The second-order valence-corrected chi connectivity index (χ2v) is 7.25. The number of rotatable bonds is 8. The molecule has 0 heterocycles. The highest BCUT2D eigenvalue weighted by Crippen LogP contribution is 2.17. The zero-order chi connectivity index (χ0) is 15.9. The van der Waals surface area contributed by atoms with Crippen molar-refractivity contribution in [3.8, 4) is 0 Å². The van der Waals surface area contributed by atoms with E-state index in [9.17, 15) is 13.2 Å². The smallest absolute Gasteiger partial charge is 0.224 e. The SMILES string of the molecule is CCC(CCN)CCC(=O)Nc1ccc(S(C)(=O)=O)cc1. The predicted octanol–water partition coefficient (Wildman–Crippen LogP) is 2.18. The average molecular weight is 312 g/mol. The number of hydrogen-bond acceptors (Lipinski definition) is 4. The largest absolute Gasteiger partial charge is 0.330 e. The molecule has 1 unspecified atom stereocenters. The first-order valence-electron chi connectivity index (χ1n) is 7.16. The highest BCUT2D eigenvalue weighted by atomic mass is 32.2. The molecular formula is C15H24N2O3S. The summed E-state index contributed by atoms with van der Waals surface area (Å²) < 4.78 is 22.7. The lowest BCUT2D eigenvalue weighted by Crippen LogP contribution is -2.15. The van der Waals surface area contributed by atoms with E-state index in [1.807, 2.05) is 0 Å². The Morgan fingerprint density at radius 2 is 1.86 bits per heavy atom. The number of hydrogen-bond donors (Lipinski definition) is 2. The standard InChI is InChI=1S/C15H24N2O3S/c1-3-12(10-11-16)4-9-15(18)17-13-5-7-14(8-6-13)21(2,19)20/h5-8,12H,3-4,9-11,16H2,1-2H3,(H,17,18). The van der Waals surface area contributed by atoms with E-state index in [-0.39, 0.29) is 10.8 Å². The molecule has 0 saturated heterocycles. The second kappa shape index (κ2) is 8.14. The van der Waals surface area contributed by atoms with E-state index in [0.717, 1.165) is 25.5 Å². The minimum absolute atomic E-state index is 0.0578. The van der Waals surface area contributed by atoms with Crippen molar-refractivity contribution < 1.29 is 13.2 Å². The van der Waals surface area contributed by atoms with Crippen LogP contribution in [0.25, 0.3) is 0 Å². The molecule has 0 bridgehead atoms. The van der Waals surface area contributed by atoms with Crippen LogP contribution in [-0.2, 0) is 14.6 Å². The van der Waals surface area contributed by atoms with Gasteiger partial charge in [-0.05, 0) is 49.6 Å². The van der Waals surface area contributed by atoms with Crippen molar-refractivity contribution in [2.24, 2.45) is 11.7 Å². The third-order valence-electron chi connectivity index (χ3n) is 3.50. The molecule has 0 spiro atoms. The fourth-order valence-electron chi connectivity index (χ4n) is 2.13. The summed E-state index contributed by atoms with van der Waals surface area (Å²) in [6, 6.07) is 6.19. The maximum absolute atomic E-state index is 11.9. The van der Waals surface area contributed by atoms with Crippen LogP contribution in [0.15, 0.2) is 29.2 Å². The van der Waals surface area contributed by atoms with Crippen LogP contribution in [0.2, 0.25) is 0 Å². The first-order chi connectivity index (χ1) is 9.86. The van der Waals surface area contributed by atoms with Crippen LogP contribution in [-0.4, -0.2) is 27.1 Å². The van der Waals surface area contributed by atoms with E-state index in [4.69, 9.17) is 5.73 Å². The second-order valence-electron chi connectivity index (χ2n) is 5.24. The first kappa shape index (κ1) is 17.7. The number of sulfone groups is 1. The lowest BCUT2D eigenvalue weighted by Gasteiger charge is -2.13. The average Bonchev–Trinajstić information content (AvgIpc) is 2.43. The van der Waals surface area contributed by atoms with Crippen molar-refractivity contribution in [3.63, 3.8) is 0 Å². The third kappa shape index (κ3) is 6.27. The molecule has 0 fully saturated rings. The summed E-state index contributed by atoms with van der Waals surface area (Å²) in [7, 11) is -3.20. The van der Waals surface area contributed by atoms with Crippen LogP contribution >= 0.6 is 0 Å². The summed E-state index contributed by atoms with van der Waals surface area (Å²) in [6.07, 6.45) is 4.39. The van der Waals surface area contributed by atoms with Gasteiger partial charge in [-0.15, -0.1) is 0 Å². The third-order valence-corrected chi connectivity index (χ3v) is 4.63. The molecule has 1 aromatic carbocycles. The summed E-state index contributed by atoms with van der Waals surface area (Å²) in [5, 5.41) is 2.78. The van der Waals surface area contributed by atoms with E-state index in [0.29, 0.717) is 24.6 Å². The number of carbonyl (C=O) groups excluding carboxylic acids is 1. The number of anilines is 1. The Hall–Kier alpha value is -1.40. The highest BCUT2D eigenvalue weighted by molar-refractivity contribution is 7.90. The van der Waals surface area contributed by atoms with E-state index in [1.54, 1.807) is 12.1 Å². The van der Waals surface area contributed by atoms with Gasteiger partial charge in [-0.1, -0.05) is 13.3 Å². The van der Waals surface area contributed by atoms with Gasteiger partial charge in [0.2, 0.25) is 5.91 Å². The molecular weight excluding hydrogens is 288 g/mol. The van der Waals surface area contributed by atoms with Gasteiger partial charge < -0.3 is 11.1 Å². The molecule has 0 saturated carbocycles. The Morgan fingerprint density at radius 1 is 1.24 bits per heavy atom. The van der Waals surface area contributed by atoms with Crippen molar-refractivity contribution in [3.05, 3.63) is 24.3 Å². The van der Waals surface area contributed by atoms with E-state index >= 15 is 0 Å². The Balaban J connectivity index is 2.51. The molecule has 0 aliphatic carbocycles. The minimum atomic E-state index is -3.20. The maximum atomic E-state index is 11.9. The first-order valence-corrected chi connectivity index (χ1v) is 9.06. The zero-order valence-electron chi connectivity index (χ0n) is 12.6. The quantitative estimate of drug-likeness (QED) is 0.770. The molecule has 21 heavy (non-hydrogen) atoms. The molecule has 0 aliphatic heterocycles. The zero-order valence-corrected chi connectivity index (χ0v) is 13.4. The Kier molecular flexibility index (Phi) is 6.84. The molecule has 0 aliphatic rings. The maximum Gasteiger partial charge on any atom is 0.224 e. The predicted molar refractivity (Wildman–Crippen MR) is 84.9 cm³/mol. The van der Waals surface area contributed by atoms with Crippen molar-refractivity contribution in [1.29, 1.82) is 0 Å². The van der Waals surface area contributed by atoms with Gasteiger partial charge in [0.1, 0.15) is 0 Å². The Bertz CT molecular complexity index is 553. The van der Waals surface area contributed by atoms with Gasteiger partial charge in [0, 0.05) is 18.4 Å². The van der Waals surface area contributed by atoms with Crippen LogP contribution in [0, 0.1) is 5.92 Å². The molecule has 1 rings (SSSR count). The summed E-state index contributed by atoms with van der Waals surface area (Å²) in [5.74, 6) is 0.422. The fraction of sp³-hybridized carbons (Fsp3) is 0.533. The minimum Gasteiger partial charge on any atom is -0.330 e. The fourth-order valence-corrected chi connectivity index (χ4v) is 2.76. The van der Waals surface area contributed by atoms with Gasteiger partial charge in [-0.25, -0.2) is 8.42 Å². The Labute approximate surface area is 126 Å². The molecule has 6 heteroatoms. The normalized spacial score (nSPS) is 12.9. The number of nitrogens with two attached hydrogens (primary N) is 1. The van der Waals surface area contributed by atoms with Crippen LogP contribution in [0.5, 0.6) is 0 Å². The van der Waals surface area contributed by atoms with E-state index in [1.165, 1.54) is 12.1 Å². The van der Waals surface area contributed by atoms with Crippen LogP contribution in [0.1, 0.15) is 32.6 Å². The molecule has 1 aromatic rings. The summed E-state index contributed by atoms with van der Waals surface area (Å²) in [4.78, 5) is 12.1. The lowest BCUT2D eigenvalue weighted by molar-refractivity contribution is -0.116. The number of carbonyl (C=O) groups is 1. The molecule has 0 aromatic heterocycles. The monoisotopic (exact) mass is 312 g/mol. The molecule has 5 nitrogen and oxygen atoms in total. The highest BCUT2D eigenvalue weighted by Gasteiger charge is 2.10. The topological polar surface area (TPSA) is 89.3 Å². The van der Waals surface area contributed by atoms with Gasteiger partial charge in [0.05, 0.1) is 4.90 Å². The molecule has 1 amide bonds. The lowest BCUT2D eigenvalue weighted by atomic mass is 9.96. The molecule has 0 radical (unpaired) electrons. The van der Waals surface area contributed by atoms with Crippen molar-refractivity contribution in [2.75, 3.05) is 18.1 Å². The van der Waals surface area contributed by atoms with E-state index in [2.05, 4.69) is 12.2 Å².